The normalized spacial score (nSPS) is 14.2. The third-order valence-electron chi connectivity index (χ3n) is 2.06. The summed E-state index contributed by atoms with van der Waals surface area (Å²) < 4.78 is 0. The van der Waals surface area contributed by atoms with Crippen LogP contribution in [-0.2, 0) is 6.42 Å². The number of hydrogen-bond donors (Lipinski definition) is 3. The number of benzene rings is 1. The molecular formula is C8H11N3. The van der Waals surface area contributed by atoms with E-state index in [0.717, 1.165) is 30.0 Å². The Morgan fingerprint density at radius 3 is 2.64 bits per heavy atom. The molecule has 1 aliphatic heterocycles. The summed E-state index contributed by atoms with van der Waals surface area (Å²) in [5.74, 6) is 0. The zero-order chi connectivity index (χ0) is 7.84. The molecule has 0 fully saturated rings. The van der Waals surface area contributed by atoms with Crippen molar-refractivity contribution in [1.82, 2.24) is 0 Å². The molecule has 0 saturated heterocycles. The average Bonchev–Trinajstić information content (AvgIpc) is 2.45. The van der Waals surface area contributed by atoms with Crippen LogP contribution in [0.15, 0.2) is 12.1 Å². The Labute approximate surface area is 65.4 Å². The van der Waals surface area contributed by atoms with Gasteiger partial charge in [-0.25, -0.2) is 0 Å². The highest BCUT2D eigenvalue weighted by molar-refractivity contribution is 5.78. The first-order valence-corrected chi connectivity index (χ1v) is 3.70. The van der Waals surface area contributed by atoms with E-state index in [1.165, 1.54) is 5.56 Å². The van der Waals surface area contributed by atoms with Gasteiger partial charge in [-0.15, -0.1) is 0 Å². The lowest BCUT2D eigenvalue weighted by Crippen LogP contribution is -1.96. The van der Waals surface area contributed by atoms with Crippen molar-refractivity contribution in [2.45, 2.75) is 6.42 Å². The molecule has 0 bridgehead atoms. The smallest absolute Gasteiger partial charge is 0.0627 e. The number of fused-ring (bicyclic) bond motifs is 1. The lowest BCUT2D eigenvalue weighted by molar-refractivity contribution is 1.11. The topological polar surface area (TPSA) is 64.1 Å². The lowest BCUT2D eigenvalue weighted by Gasteiger charge is -2.05. The monoisotopic (exact) mass is 149 g/mol. The van der Waals surface area contributed by atoms with E-state index in [-0.39, 0.29) is 0 Å². The van der Waals surface area contributed by atoms with E-state index in [0.29, 0.717) is 0 Å². The molecule has 0 saturated carbocycles. The zero-order valence-corrected chi connectivity index (χ0v) is 6.22. The van der Waals surface area contributed by atoms with Crippen LogP contribution >= 0.6 is 0 Å². The van der Waals surface area contributed by atoms with Gasteiger partial charge >= 0.3 is 0 Å². The SMILES string of the molecule is Nc1ccc(N)c2c1CCN2. The summed E-state index contributed by atoms with van der Waals surface area (Å²) in [5.41, 5.74) is 15.3. The predicted octanol–water partition coefficient (Wildman–Crippen LogP) is 0.819. The molecule has 1 aliphatic rings. The fraction of sp³-hybridized carbons (Fsp3) is 0.250. The molecule has 0 spiro atoms. The van der Waals surface area contributed by atoms with Crippen molar-refractivity contribution >= 4 is 17.1 Å². The summed E-state index contributed by atoms with van der Waals surface area (Å²) in [5, 5.41) is 3.20. The zero-order valence-electron chi connectivity index (χ0n) is 6.22. The van der Waals surface area contributed by atoms with Crippen LogP contribution in [0.2, 0.25) is 0 Å². The van der Waals surface area contributed by atoms with Crippen molar-refractivity contribution in [3.8, 4) is 0 Å². The van der Waals surface area contributed by atoms with E-state index >= 15 is 0 Å². The number of nitrogens with one attached hydrogen (secondary N) is 1. The molecular weight excluding hydrogens is 138 g/mol. The second kappa shape index (κ2) is 2.05. The molecule has 1 aromatic rings. The maximum absolute atomic E-state index is 5.75. The van der Waals surface area contributed by atoms with Crippen molar-refractivity contribution < 1.29 is 0 Å². The van der Waals surface area contributed by atoms with Crippen LogP contribution < -0.4 is 16.8 Å². The molecule has 1 heterocycles. The second-order valence-corrected chi connectivity index (χ2v) is 2.77. The standard InChI is InChI=1S/C8H11N3/c9-6-1-2-7(10)8-5(6)3-4-11-8/h1-2,11H,3-4,9-10H2. The average molecular weight is 149 g/mol. The quantitative estimate of drug-likeness (QED) is 0.478. The third kappa shape index (κ3) is 0.808. The fourth-order valence-electron chi connectivity index (χ4n) is 1.47. The Bertz CT molecular complexity index is 265. The molecule has 58 valence electrons. The van der Waals surface area contributed by atoms with Crippen molar-refractivity contribution in [3.63, 3.8) is 0 Å². The van der Waals surface area contributed by atoms with Crippen LogP contribution in [0.1, 0.15) is 5.56 Å². The molecule has 0 unspecified atom stereocenters. The first kappa shape index (κ1) is 6.34. The molecule has 2 rings (SSSR count). The number of nitrogens with two attached hydrogens (primary N) is 2. The van der Waals surface area contributed by atoms with Gasteiger partial charge in [-0.05, 0) is 18.6 Å². The van der Waals surface area contributed by atoms with Crippen molar-refractivity contribution in [2.24, 2.45) is 0 Å². The minimum absolute atomic E-state index is 0.798. The van der Waals surface area contributed by atoms with Crippen LogP contribution in [0, 0.1) is 0 Å². The highest BCUT2D eigenvalue weighted by atomic mass is 14.9. The van der Waals surface area contributed by atoms with E-state index in [4.69, 9.17) is 11.5 Å². The van der Waals surface area contributed by atoms with Gasteiger partial charge in [0.15, 0.2) is 0 Å². The van der Waals surface area contributed by atoms with Gasteiger partial charge < -0.3 is 16.8 Å². The van der Waals surface area contributed by atoms with Gasteiger partial charge in [-0.1, -0.05) is 0 Å². The van der Waals surface area contributed by atoms with Gasteiger partial charge in [0.1, 0.15) is 0 Å². The van der Waals surface area contributed by atoms with Crippen LogP contribution in [0.5, 0.6) is 0 Å². The van der Waals surface area contributed by atoms with Crippen LogP contribution in [0.4, 0.5) is 17.1 Å². The third-order valence-corrected chi connectivity index (χ3v) is 2.06. The molecule has 0 atom stereocenters. The summed E-state index contributed by atoms with van der Waals surface area (Å²) in [7, 11) is 0. The van der Waals surface area contributed by atoms with Crippen LogP contribution in [-0.4, -0.2) is 6.54 Å². The Morgan fingerprint density at radius 1 is 1.18 bits per heavy atom. The van der Waals surface area contributed by atoms with E-state index in [2.05, 4.69) is 5.32 Å². The van der Waals surface area contributed by atoms with Crippen LogP contribution in [0.25, 0.3) is 0 Å². The minimum atomic E-state index is 0.798. The number of anilines is 3. The van der Waals surface area contributed by atoms with E-state index in [1.807, 2.05) is 12.1 Å². The summed E-state index contributed by atoms with van der Waals surface area (Å²) in [6.45, 7) is 0.952. The number of hydrogen-bond acceptors (Lipinski definition) is 3. The molecule has 1 aromatic carbocycles. The minimum Gasteiger partial charge on any atom is -0.398 e. The molecule has 0 aliphatic carbocycles. The second-order valence-electron chi connectivity index (χ2n) is 2.77. The lowest BCUT2D eigenvalue weighted by atomic mass is 10.1. The molecule has 11 heavy (non-hydrogen) atoms. The molecule has 3 heteroatoms. The first-order valence-electron chi connectivity index (χ1n) is 3.70. The Hall–Kier alpha value is -1.38. The highest BCUT2D eigenvalue weighted by Crippen LogP contribution is 2.32. The van der Waals surface area contributed by atoms with Crippen LogP contribution in [0.3, 0.4) is 0 Å². The Kier molecular flexibility index (Phi) is 1.18. The summed E-state index contributed by atoms with van der Waals surface area (Å²) in [4.78, 5) is 0. The van der Waals surface area contributed by atoms with Gasteiger partial charge in [0.05, 0.1) is 11.4 Å². The number of rotatable bonds is 0. The van der Waals surface area contributed by atoms with Crippen molar-refractivity contribution in [1.29, 1.82) is 0 Å². The van der Waals surface area contributed by atoms with Gasteiger partial charge in [-0.2, -0.15) is 0 Å². The molecule has 5 N–H and O–H groups in total. The fourth-order valence-corrected chi connectivity index (χ4v) is 1.47. The summed E-state index contributed by atoms with van der Waals surface area (Å²) in [6.07, 6.45) is 0.992. The van der Waals surface area contributed by atoms with E-state index < -0.39 is 0 Å². The molecule has 0 aromatic heterocycles. The largest absolute Gasteiger partial charge is 0.398 e. The van der Waals surface area contributed by atoms with Gasteiger partial charge in [0.25, 0.3) is 0 Å². The van der Waals surface area contributed by atoms with E-state index in [1.54, 1.807) is 0 Å². The maximum atomic E-state index is 5.75. The Morgan fingerprint density at radius 2 is 1.91 bits per heavy atom. The number of nitrogen functional groups attached to an aromatic ring is 2. The highest BCUT2D eigenvalue weighted by Gasteiger charge is 2.14. The summed E-state index contributed by atoms with van der Waals surface area (Å²) >= 11 is 0. The Balaban J connectivity index is 2.64. The van der Waals surface area contributed by atoms with E-state index in [9.17, 15) is 0 Å². The van der Waals surface area contributed by atoms with Gasteiger partial charge in [0, 0.05) is 17.8 Å². The molecule has 0 amide bonds. The maximum Gasteiger partial charge on any atom is 0.0627 e. The van der Waals surface area contributed by atoms with Crippen molar-refractivity contribution in [2.75, 3.05) is 23.3 Å². The van der Waals surface area contributed by atoms with Gasteiger partial charge in [-0.3, -0.25) is 0 Å². The summed E-state index contributed by atoms with van der Waals surface area (Å²) in [6, 6.07) is 3.70. The van der Waals surface area contributed by atoms with Gasteiger partial charge in [0.2, 0.25) is 0 Å². The molecule has 3 nitrogen and oxygen atoms in total. The van der Waals surface area contributed by atoms with Crippen molar-refractivity contribution in [3.05, 3.63) is 17.7 Å². The molecule has 0 radical (unpaired) electrons. The first-order chi connectivity index (χ1) is 5.29. The predicted molar refractivity (Wildman–Crippen MR) is 47.5 cm³/mol.